The van der Waals surface area contributed by atoms with Crippen molar-refractivity contribution in [1.29, 1.82) is 0 Å². The standard InChI is InChI=1S/C25H32N4O3S.C2H4O/c1-28(19-9-4-3-5-10-19)24(31)18-12-13-21-20(17-18)26-25(29(21)14-8-15-32-2)27-23(30)22-11-6-7-16-33-22;1-2-3/h7,11-13,16-17,19H,3-6,8-10,14-15H2,1-2H3,(H,26,27,30);2H,1H3. The normalized spacial score (nSPS) is 15.6. The zero-order valence-corrected chi connectivity index (χ0v) is 22.2. The summed E-state index contributed by atoms with van der Waals surface area (Å²) in [5.41, 5.74) is 2.23. The number of aromatic nitrogens is 2. The van der Waals surface area contributed by atoms with Crippen LogP contribution in [0.2, 0.25) is 0 Å². The third-order valence-electron chi connectivity index (χ3n) is 6.35. The predicted molar refractivity (Wildman–Crippen MR) is 145 cm³/mol. The molecule has 1 aliphatic heterocycles. The fourth-order valence-electron chi connectivity index (χ4n) is 4.50. The van der Waals surface area contributed by atoms with E-state index >= 15 is 0 Å². The van der Waals surface area contributed by atoms with Crippen LogP contribution in [0.3, 0.4) is 0 Å². The number of imidazole rings is 1. The van der Waals surface area contributed by atoms with Crippen molar-refractivity contribution in [3.63, 3.8) is 0 Å². The first-order valence-electron chi connectivity index (χ1n) is 12.5. The van der Waals surface area contributed by atoms with Crippen LogP contribution in [0.1, 0.15) is 62.2 Å². The van der Waals surface area contributed by atoms with Crippen molar-refractivity contribution < 1.29 is 19.1 Å². The van der Waals surface area contributed by atoms with E-state index in [1.165, 1.54) is 37.9 Å². The van der Waals surface area contributed by atoms with Crippen LogP contribution in [0.15, 0.2) is 40.7 Å². The van der Waals surface area contributed by atoms with Crippen LogP contribution >= 0.6 is 11.8 Å². The van der Waals surface area contributed by atoms with Crippen LogP contribution in [0, 0.1) is 0 Å². The van der Waals surface area contributed by atoms with Gasteiger partial charge in [0.25, 0.3) is 11.8 Å². The van der Waals surface area contributed by atoms with Crippen molar-refractivity contribution >= 4 is 46.8 Å². The molecule has 2 aliphatic rings. The molecule has 1 aliphatic carbocycles. The van der Waals surface area contributed by atoms with Gasteiger partial charge in [0.2, 0.25) is 5.95 Å². The molecule has 0 radical (unpaired) electrons. The van der Waals surface area contributed by atoms with E-state index in [9.17, 15) is 9.59 Å². The Morgan fingerprint density at radius 1 is 1.28 bits per heavy atom. The maximum absolute atomic E-state index is 13.2. The first-order valence-corrected chi connectivity index (χ1v) is 13.4. The molecule has 9 heteroatoms. The smallest absolute Gasteiger partial charge is 0.264 e. The topological polar surface area (TPSA) is 93.5 Å². The van der Waals surface area contributed by atoms with E-state index < -0.39 is 0 Å². The number of nitrogens with zero attached hydrogens (tertiary/aromatic N) is 3. The third-order valence-corrected chi connectivity index (χ3v) is 7.28. The minimum absolute atomic E-state index is 0.0267. The lowest BCUT2D eigenvalue weighted by atomic mass is 9.94. The summed E-state index contributed by atoms with van der Waals surface area (Å²) in [4.78, 5) is 42.0. The number of hydrogen-bond acceptors (Lipinski definition) is 6. The maximum atomic E-state index is 13.2. The molecular formula is C27H36N4O4S. The Morgan fingerprint density at radius 3 is 2.69 bits per heavy atom. The molecule has 0 atom stereocenters. The van der Waals surface area contributed by atoms with Gasteiger partial charge in [-0.2, -0.15) is 0 Å². The van der Waals surface area contributed by atoms with E-state index in [0.717, 1.165) is 37.5 Å². The van der Waals surface area contributed by atoms with E-state index in [1.807, 2.05) is 52.3 Å². The number of carbonyl (C=O) groups excluding carboxylic acids is 3. The summed E-state index contributed by atoms with van der Waals surface area (Å²) in [7, 11) is 3.58. The van der Waals surface area contributed by atoms with Gasteiger partial charge in [0.15, 0.2) is 0 Å². The quantitative estimate of drug-likeness (QED) is 0.388. The summed E-state index contributed by atoms with van der Waals surface area (Å²) in [5.74, 6) is 0.354. The van der Waals surface area contributed by atoms with Crippen LogP contribution in [0.25, 0.3) is 11.0 Å². The second-order valence-corrected chi connectivity index (χ2v) is 9.78. The second-order valence-electron chi connectivity index (χ2n) is 8.83. The lowest BCUT2D eigenvalue weighted by Crippen LogP contribution is -2.38. The van der Waals surface area contributed by atoms with E-state index in [-0.39, 0.29) is 11.8 Å². The number of allylic oxidation sites excluding steroid dienone is 2. The van der Waals surface area contributed by atoms with Crippen molar-refractivity contribution in [2.24, 2.45) is 0 Å². The van der Waals surface area contributed by atoms with Crippen LogP contribution in [0.5, 0.6) is 0 Å². The Labute approximate surface area is 217 Å². The Balaban J connectivity index is 0.00000115. The lowest BCUT2D eigenvalue weighted by molar-refractivity contribution is -0.112. The third kappa shape index (κ3) is 7.07. The van der Waals surface area contributed by atoms with Crippen LogP contribution in [0.4, 0.5) is 5.95 Å². The fourth-order valence-corrected chi connectivity index (χ4v) is 5.20. The molecule has 4 rings (SSSR count). The van der Waals surface area contributed by atoms with Gasteiger partial charge in [-0.3, -0.25) is 14.9 Å². The first kappa shape index (κ1) is 27.7. The van der Waals surface area contributed by atoms with Gasteiger partial charge in [0, 0.05) is 38.9 Å². The zero-order chi connectivity index (χ0) is 25.9. The highest BCUT2D eigenvalue weighted by molar-refractivity contribution is 8.06. The zero-order valence-electron chi connectivity index (χ0n) is 21.4. The molecule has 194 valence electrons. The summed E-state index contributed by atoms with van der Waals surface area (Å²) in [5, 5.41) is 4.90. The molecule has 1 aromatic carbocycles. The van der Waals surface area contributed by atoms with Gasteiger partial charge in [-0.15, -0.1) is 0 Å². The molecule has 0 spiro atoms. The van der Waals surface area contributed by atoms with Crippen molar-refractivity contribution in [1.82, 2.24) is 14.5 Å². The van der Waals surface area contributed by atoms with Gasteiger partial charge in [-0.05, 0) is 56.2 Å². The van der Waals surface area contributed by atoms with Crippen molar-refractivity contribution in [2.75, 3.05) is 26.1 Å². The summed E-state index contributed by atoms with van der Waals surface area (Å²) in [6.45, 7) is 2.71. The van der Waals surface area contributed by atoms with Gasteiger partial charge in [-0.25, -0.2) is 4.98 Å². The molecule has 8 nitrogen and oxygen atoms in total. The summed E-state index contributed by atoms with van der Waals surface area (Å²) in [6.07, 6.45) is 12.0. The van der Waals surface area contributed by atoms with Crippen molar-refractivity contribution in [3.8, 4) is 0 Å². The van der Waals surface area contributed by atoms with Gasteiger partial charge in [0.05, 0.1) is 15.9 Å². The number of amides is 2. The van der Waals surface area contributed by atoms with Crippen molar-refractivity contribution in [2.45, 2.75) is 64.5 Å². The number of thioether (sulfide) groups is 1. The Bertz CT molecular complexity index is 1120. The highest BCUT2D eigenvalue weighted by Crippen LogP contribution is 2.27. The summed E-state index contributed by atoms with van der Waals surface area (Å²) >= 11 is 1.41. The molecule has 1 aromatic heterocycles. The number of ether oxygens (including phenoxy) is 1. The largest absolute Gasteiger partial charge is 0.385 e. The summed E-state index contributed by atoms with van der Waals surface area (Å²) < 4.78 is 7.21. The number of benzene rings is 1. The Hall–Kier alpha value is -2.91. The molecule has 2 amide bonds. The predicted octanol–water partition coefficient (Wildman–Crippen LogP) is 5.16. The molecule has 1 N–H and O–H groups in total. The van der Waals surface area contributed by atoms with Crippen LogP contribution in [-0.4, -0.2) is 59.4 Å². The van der Waals surface area contributed by atoms with E-state index in [2.05, 4.69) is 5.32 Å². The fraction of sp³-hybridized carbons (Fsp3) is 0.481. The number of rotatable bonds is 8. The number of anilines is 1. The van der Waals surface area contributed by atoms with E-state index in [1.54, 1.807) is 7.11 Å². The average molecular weight is 513 g/mol. The maximum Gasteiger partial charge on any atom is 0.264 e. The lowest BCUT2D eigenvalue weighted by Gasteiger charge is -2.31. The summed E-state index contributed by atoms with van der Waals surface area (Å²) in [6, 6.07) is 5.95. The number of hydrogen-bond donors (Lipinski definition) is 1. The number of carbonyl (C=O) groups is 3. The number of fused-ring (bicyclic) bond motifs is 1. The molecule has 0 saturated heterocycles. The van der Waals surface area contributed by atoms with Gasteiger partial charge in [-0.1, -0.05) is 43.2 Å². The average Bonchev–Trinajstić information content (AvgIpc) is 3.25. The van der Waals surface area contributed by atoms with Crippen LogP contribution in [-0.2, 0) is 20.9 Å². The van der Waals surface area contributed by atoms with E-state index in [0.29, 0.717) is 41.1 Å². The number of aldehydes is 1. The minimum atomic E-state index is -0.166. The molecule has 36 heavy (non-hydrogen) atoms. The Kier molecular flexibility index (Phi) is 10.8. The molecule has 1 fully saturated rings. The van der Waals surface area contributed by atoms with Gasteiger partial charge < -0.3 is 19.0 Å². The molecule has 0 unspecified atom stereocenters. The number of aryl methyl sites for hydroxylation is 1. The van der Waals surface area contributed by atoms with Crippen molar-refractivity contribution in [3.05, 3.63) is 46.2 Å². The molecular weight excluding hydrogens is 476 g/mol. The van der Waals surface area contributed by atoms with E-state index in [4.69, 9.17) is 14.5 Å². The Morgan fingerprint density at radius 2 is 2.03 bits per heavy atom. The van der Waals surface area contributed by atoms with Gasteiger partial charge in [0.1, 0.15) is 6.29 Å². The number of nitrogens with one attached hydrogen (secondary N) is 1. The highest BCUT2D eigenvalue weighted by atomic mass is 32.2. The molecule has 2 aromatic rings. The molecule has 2 heterocycles. The first-order chi connectivity index (χ1) is 17.5. The highest BCUT2D eigenvalue weighted by Gasteiger charge is 2.24. The second kappa shape index (κ2) is 14.0. The molecule has 1 saturated carbocycles. The van der Waals surface area contributed by atoms with Gasteiger partial charge >= 0.3 is 0 Å². The SMILES string of the molecule is CC=O.COCCCn1c(NC(=O)C2=CCC=CS2)nc2cc(C(=O)N(C)C3CCCCC3)ccc21. The van der Waals surface area contributed by atoms with Crippen LogP contribution < -0.4 is 5.32 Å². The minimum Gasteiger partial charge on any atom is -0.385 e. The number of methoxy groups -OCH3 is 1. The molecule has 0 bridgehead atoms. The monoisotopic (exact) mass is 512 g/mol.